The van der Waals surface area contributed by atoms with E-state index in [0.29, 0.717) is 22.7 Å². The molecular formula is C15H13ClFN3O. The molecule has 0 saturated carbocycles. The van der Waals surface area contributed by atoms with E-state index in [1.807, 2.05) is 0 Å². The van der Waals surface area contributed by atoms with E-state index in [0.717, 1.165) is 5.52 Å². The van der Waals surface area contributed by atoms with Gasteiger partial charge in [-0.15, -0.1) is 0 Å². The molecule has 1 heterocycles. The van der Waals surface area contributed by atoms with Gasteiger partial charge in [-0.1, -0.05) is 11.6 Å². The van der Waals surface area contributed by atoms with E-state index in [-0.39, 0.29) is 5.02 Å². The number of nitrogens with two attached hydrogens (primary N) is 1. The monoisotopic (exact) mass is 305 g/mol. The van der Waals surface area contributed by atoms with Crippen LogP contribution in [0.25, 0.3) is 16.7 Å². The molecule has 0 aliphatic rings. The van der Waals surface area contributed by atoms with Crippen LogP contribution < -0.4 is 5.73 Å². The van der Waals surface area contributed by atoms with E-state index in [9.17, 15) is 9.50 Å². The Hall–Kier alpha value is -2.11. The first-order valence-electron chi connectivity index (χ1n) is 6.38. The molecule has 0 radical (unpaired) electrons. The van der Waals surface area contributed by atoms with Crippen molar-refractivity contribution >= 4 is 28.3 Å². The predicted molar refractivity (Wildman–Crippen MR) is 81.1 cm³/mol. The zero-order chi connectivity index (χ0) is 15.1. The number of nitrogen functional groups attached to an aromatic ring is 1. The Balaban J connectivity index is 2.33. The summed E-state index contributed by atoms with van der Waals surface area (Å²) in [5.74, 6) is -0.111. The lowest BCUT2D eigenvalue weighted by Gasteiger charge is -2.11. The fourth-order valence-electron chi connectivity index (χ4n) is 2.29. The average Bonchev–Trinajstić information content (AvgIpc) is 2.80. The molecule has 0 fully saturated rings. The number of rotatable bonds is 2. The smallest absolute Gasteiger partial charge is 0.143 e. The summed E-state index contributed by atoms with van der Waals surface area (Å²) in [6.45, 7) is 1.60. The number of aromatic nitrogens is 2. The molecular weight excluding hydrogens is 293 g/mol. The van der Waals surface area contributed by atoms with Crippen molar-refractivity contribution in [2.24, 2.45) is 0 Å². The van der Waals surface area contributed by atoms with Crippen molar-refractivity contribution < 1.29 is 9.50 Å². The molecule has 0 aliphatic carbocycles. The second-order valence-corrected chi connectivity index (χ2v) is 5.24. The SMILES string of the molecule is CC(O)c1nc2cc(N)ccc2n1-c1ccc(Cl)c(F)c1. The highest BCUT2D eigenvalue weighted by Crippen LogP contribution is 2.28. The number of anilines is 1. The van der Waals surface area contributed by atoms with Gasteiger partial charge in [0.25, 0.3) is 0 Å². The maximum atomic E-state index is 13.7. The quantitative estimate of drug-likeness (QED) is 0.713. The Morgan fingerprint density at radius 2 is 2.05 bits per heavy atom. The van der Waals surface area contributed by atoms with Crippen LogP contribution >= 0.6 is 11.6 Å². The zero-order valence-electron chi connectivity index (χ0n) is 11.2. The summed E-state index contributed by atoms with van der Waals surface area (Å²) in [6, 6.07) is 9.69. The van der Waals surface area contributed by atoms with Gasteiger partial charge in [-0.25, -0.2) is 9.37 Å². The number of aliphatic hydroxyl groups is 1. The highest BCUT2D eigenvalue weighted by atomic mass is 35.5. The minimum atomic E-state index is -0.808. The summed E-state index contributed by atoms with van der Waals surface area (Å²) in [5, 5.41) is 9.97. The molecule has 6 heteroatoms. The Labute approximate surface area is 125 Å². The number of hydrogen-bond donors (Lipinski definition) is 2. The molecule has 3 N–H and O–H groups in total. The molecule has 2 aromatic carbocycles. The predicted octanol–water partition coefficient (Wildman–Crippen LogP) is 3.45. The molecule has 4 nitrogen and oxygen atoms in total. The third-order valence-electron chi connectivity index (χ3n) is 3.24. The van der Waals surface area contributed by atoms with Gasteiger partial charge in [0.05, 0.1) is 21.7 Å². The molecule has 1 aromatic heterocycles. The topological polar surface area (TPSA) is 64.1 Å². The molecule has 1 atom stereocenters. The molecule has 0 aliphatic heterocycles. The van der Waals surface area contributed by atoms with Crippen molar-refractivity contribution in [3.05, 3.63) is 53.1 Å². The van der Waals surface area contributed by atoms with Gasteiger partial charge in [-0.05, 0) is 43.3 Å². The maximum absolute atomic E-state index is 13.7. The Morgan fingerprint density at radius 3 is 2.71 bits per heavy atom. The van der Waals surface area contributed by atoms with Gasteiger partial charge in [0.2, 0.25) is 0 Å². The van der Waals surface area contributed by atoms with Crippen LogP contribution in [0.1, 0.15) is 18.9 Å². The minimum Gasteiger partial charge on any atom is -0.399 e. The fraction of sp³-hybridized carbons (Fsp3) is 0.133. The Kier molecular flexibility index (Phi) is 3.31. The minimum absolute atomic E-state index is 0.0472. The normalized spacial score (nSPS) is 12.8. The van der Waals surface area contributed by atoms with E-state index < -0.39 is 11.9 Å². The van der Waals surface area contributed by atoms with Crippen molar-refractivity contribution in [3.8, 4) is 5.69 Å². The fourth-order valence-corrected chi connectivity index (χ4v) is 2.41. The van der Waals surface area contributed by atoms with E-state index in [2.05, 4.69) is 4.98 Å². The number of imidazole rings is 1. The summed E-state index contributed by atoms with van der Waals surface area (Å²) in [5.41, 5.74) is 8.25. The van der Waals surface area contributed by atoms with E-state index in [1.54, 1.807) is 35.8 Å². The van der Waals surface area contributed by atoms with Gasteiger partial charge in [0.1, 0.15) is 17.7 Å². The van der Waals surface area contributed by atoms with Crippen molar-refractivity contribution in [1.82, 2.24) is 9.55 Å². The van der Waals surface area contributed by atoms with Crippen LogP contribution in [0, 0.1) is 5.82 Å². The van der Waals surface area contributed by atoms with Gasteiger partial charge in [-0.3, -0.25) is 4.57 Å². The summed E-state index contributed by atoms with van der Waals surface area (Å²) >= 11 is 5.72. The van der Waals surface area contributed by atoms with Crippen LogP contribution in [0.4, 0.5) is 10.1 Å². The van der Waals surface area contributed by atoms with E-state index >= 15 is 0 Å². The lowest BCUT2D eigenvalue weighted by molar-refractivity contribution is 0.187. The van der Waals surface area contributed by atoms with Gasteiger partial charge in [0.15, 0.2) is 0 Å². The largest absolute Gasteiger partial charge is 0.399 e. The van der Waals surface area contributed by atoms with Gasteiger partial charge < -0.3 is 10.8 Å². The van der Waals surface area contributed by atoms with Crippen LogP contribution in [-0.4, -0.2) is 14.7 Å². The molecule has 0 spiro atoms. The lowest BCUT2D eigenvalue weighted by Crippen LogP contribution is -2.05. The first-order valence-corrected chi connectivity index (χ1v) is 6.76. The van der Waals surface area contributed by atoms with Gasteiger partial charge in [-0.2, -0.15) is 0 Å². The van der Waals surface area contributed by atoms with Crippen LogP contribution in [0.2, 0.25) is 5.02 Å². The van der Waals surface area contributed by atoms with Crippen molar-refractivity contribution in [1.29, 1.82) is 0 Å². The third kappa shape index (κ3) is 2.34. The first-order chi connectivity index (χ1) is 9.97. The van der Waals surface area contributed by atoms with Crippen LogP contribution in [0.5, 0.6) is 0 Å². The molecule has 1 unspecified atom stereocenters. The standard InChI is InChI=1S/C15H13ClFN3O/c1-8(21)15-19-13-6-9(18)2-5-14(13)20(15)10-3-4-11(16)12(17)7-10/h2-8,21H,18H2,1H3. The summed E-state index contributed by atoms with van der Waals surface area (Å²) in [6.07, 6.45) is -0.808. The van der Waals surface area contributed by atoms with Crippen LogP contribution in [0.3, 0.4) is 0 Å². The van der Waals surface area contributed by atoms with Crippen molar-refractivity contribution in [2.45, 2.75) is 13.0 Å². The van der Waals surface area contributed by atoms with Crippen LogP contribution in [-0.2, 0) is 0 Å². The summed E-state index contributed by atoms with van der Waals surface area (Å²) in [7, 11) is 0. The van der Waals surface area contributed by atoms with Crippen molar-refractivity contribution in [3.63, 3.8) is 0 Å². The maximum Gasteiger partial charge on any atom is 0.143 e. The van der Waals surface area contributed by atoms with Crippen LogP contribution in [0.15, 0.2) is 36.4 Å². The number of hydrogen-bond acceptors (Lipinski definition) is 3. The molecule has 0 saturated heterocycles. The molecule has 3 rings (SSSR count). The molecule has 21 heavy (non-hydrogen) atoms. The number of aliphatic hydroxyl groups excluding tert-OH is 1. The Morgan fingerprint density at radius 1 is 1.29 bits per heavy atom. The summed E-state index contributed by atoms with van der Waals surface area (Å²) < 4.78 is 15.4. The molecule has 0 amide bonds. The summed E-state index contributed by atoms with van der Waals surface area (Å²) in [4.78, 5) is 4.38. The second-order valence-electron chi connectivity index (χ2n) is 4.83. The molecule has 108 valence electrons. The van der Waals surface area contributed by atoms with E-state index in [4.69, 9.17) is 17.3 Å². The van der Waals surface area contributed by atoms with Gasteiger partial charge in [0, 0.05) is 5.69 Å². The number of nitrogens with zero attached hydrogens (tertiary/aromatic N) is 2. The second kappa shape index (κ2) is 5.02. The lowest BCUT2D eigenvalue weighted by atomic mass is 10.2. The first kappa shape index (κ1) is 13.9. The highest BCUT2D eigenvalue weighted by molar-refractivity contribution is 6.30. The molecule has 3 aromatic rings. The van der Waals surface area contributed by atoms with E-state index in [1.165, 1.54) is 12.1 Å². The number of halogens is 2. The number of benzene rings is 2. The Bertz CT molecular complexity index is 829. The highest BCUT2D eigenvalue weighted by Gasteiger charge is 2.17. The average molecular weight is 306 g/mol. The third-order valence-corrected chi connectivity index (χ3v) is 3.55. The van der Waals surface area contributed by atoms with Crippen molar-refractivity contribution in [2.75, 3.05) is 5.73 Å². The number of fused-ring (bicyclic) bond motifs is 1. The molecule has 0 bridgehead atoms. The van der Waals surface area contributed by atoms with Gasteiger partial charge >= 0.3 is 0 Å². The zero-order valence-corrected chi connectivity index (χ0v) is 12.0.